The largest absolute Gasteiger partial charge is 0.422 e. The SMILES string of the molecule is O=c1oc2ccccc2c2c1C(O)N1C=CC=CC1=C2. The summed E-state index contributed by atoms with van der Waals surface area (Å²) in [6.07, 6.45) is 8.24. The van der Waals surface area contributed by atoms with Crippen molar-refractivity contribution in [3.8, 4) is 0 Å². The molecular weight excluding hydrogens is 254 g/mol. The molecule has 0 saturated heterocycles. The van der Waals surface area contributed by atoms with Crippen LogP contribution in [0.25, 0.3) is 17.0 Å². The highest BCUT2D eigenvalue weighted by molar-refractivity contribution is 5.89. The second kappa shape index (κ2) is 3.95. The maximum Gasteiger partial charge on any atom is 0.344 e. The van der Waals surface area contributed by atoms with E-state index < -0.39 is 11.9 Å². The Morgan fingerprint density at radius 3 is 2.95 bits per heavy atom. The number of hydrogen-bond donors (Lipinski definition) is 1. The van der Waals surface area contributed by atoms with Crippen LogP contribution >= 0.6 is 0 Å². The van der Waals surface area contributed by atoms with Crippen LogP contribution in [0.5, 0.6) is 0 Å². The lowest BCUT2D eigenvalue weighted by atomic mass is 9.97. The van der Waals surface area contributed by atoms with Gasteiger partial charge in [0.05, 0.1) is 5.56 Å². The first kappa shape index (κ1) is 11.3. The molecule has 1 N–H and O–H groups in total. The van der Waals surface area contributed by atoms with Crippen LogP contribution in [-0.2, 0) is 0 Å². The molecule has 0 bridgehead atoms. The number of benzene rings is 1. The fourth-order valence-corrected chi connectivity index (χ4v) is 2.69. The third kappa shape index (κ3) is 1.42. The molecule has 1 aromatic heterocycles. The smallest absolute Gasteiger partial charge is 0.344 e. The Morgan fingerprint density at radius 2 is 2.05 bits per heavy atom. The van der Waals surface area contributed by atoms with E-state index in [1.165, 1.54) is 0 Å². The first-order chi connectivity index (χ1) is 9.75. The summed E-state index contributed by atoms with van der Waals surface area (Å²) in [4.78, 5) is 13.8. The zero-order valence-corrected chi connectivity index (χ0v) is 10.5. The average Bonchev–Trinajstić information content (AvgIpc) is 2.47. The van der Waals surface area contributed by atoms with E-state index in [2.05, 4.69) is 0 Å². The van der Waals surface area contributed by atoms with Crippen molar-refractivity contribution in [2.75, 3.05) is 0 Å². The third-order valence-electron chi connectivity index (χ3n) is 3.63. The Morgan fingerprint density at radius 1 is 1.20 bits per heavy atom. The molecule has 4 heteroatoms. The van der Waals surface area contributed by atoms with Gasteiger partial charge in [0.15, 0.2) is 6.23 Å². The van der Waals surface area contributed by atoms with E-state index in [9.17, 15) is 9.90 Å². The second-order valence-corrected chi connectivity index (χ2v) is 4.76. The van der Waals surface area contributed by atoms with Gasteiger partial charge in [-0.1, -0.05) is 24.3 Å². The van der Waals surface area contributed by atoms with E-state index in [1.54, 1.807) is 17.2 Å². The Balaban J connectivity index is 2.12. The molecule has 0 fully saturated rings. The number of aliphatic hydroxyl groups excluding tert-OH is 1. The van der Waals surface area contributed by atoms with Crippen molar-refractivity contribution >= 4 is 17.0 Å². The summed E-state index contributed by atoms with van der Waals surface area (Å²) in [7, 11) is 0. The van der Waals surface area contributed by atoms with Crippen LogP contribution in [-0.4, -0.2) is 10.0 Å². The standard InChI is InChI=1S/C16H11NO3/c18-15-14-12(9-10-5-3-4-8-17(10)15)11-6-1-2-7-13(11)20-16(14)19/h1-9,15,18H. The second-order valence-electron chi connectivity index (χ2n) is 4.76. The van der Waals surface area contributed by atoms with Crippen LogP contribution in [0, 0.1) is 0 Å². The molecule has 0 aliphatic carbocycles. The Hall–Kier alpha value is -2.59. The summed E-state index contributed by atoms with van der Waals surface area (Å²) in [5, 5.41) is 11.3. The molecule has 0 amide bonds. The Labute approximate surface area is 114 Å². The van der Waals surface area contributed by atoms with E-state index in [0.717, 1.165) is 16.6 Å². The number of rotatable bonds is 0. The van der Waals surface area contributed by atoms with Gasteiger partial charge < -0.3 is 14.4 Å². The van der Waals surface area contributed by atoms with E-state index in [4.69, 9.17) is 4.42 Å². The molecule has 20 heavy (non-hydrogen) atoms. The predicted molar refractivity (Wildman–Crippen MR) is 75.5 cm³/mol. The van der Waals surface area contributed by atoms with Gasteiger partial charge in [0.25, 0.3) is 0 Å². The van der Waals surface area contributed by atoms with Gasteiger partial charge in [-0.15, -0.1) is 0 Å². The van der Waals surface area contributed by atoms with Crippen molar-refractivity contribution in [1.29, 1.82) is 0 Å². The van der Waals surface area contributed by atoms with Crippen LogP contribution in [0.3, 0.4) is 0 Å². The number of aliphatic hydroxyl groups is 1. The zero-order chi connectivity index (χ0) is 13.7. The monoisotopic (exact) mass is 265 g/mol. The minimum atomic E-state index is -1.02. The average molecular weight is 265 g/mol. The summed E-state index contributed by atoms with van der Waals surface area (Å²) in [6.45, 7) is 0. The van der Waals surface area contributed by atoms with Crippen LogP contribution < -0.4 is 5.63 Å². The number of nitrogens with zero attached hydrogens (tertiary/aromatic N) is 1. The third-order valence-corrected chi connectivity index (χ3v) is 3.63. The van der Waals surface area contributed by atoms with E-state index in [1.807, 2.05) is 42.5 Å². The highest BCUT2D eigenvalue weighted by atomic mass is 16.4. The lowest BCUT2D eigenvalue weighted by molar-refractivity contribution is 0.0568. The summed E-state index contributed by atoms with van der Waals surface area (Å²) in [6, 6.07) is 7.35. The zero-order valence-electron chi connectivity index (χ0n) is 10.5. The highest BCUT2D eigenvalue weighted by Crippen LogP contribution is 2.36. The quantitative estimate of drug-likeness (QED) is 0.744. The fourth-order valence-electron chi connectivity index (χ4n) is 2.69. The lowest BCUT2D eigenvalue weighted by Gasteiger charge is -2.33. The van der Waals surface area contributed by atoms with Gasteiger partial charge in [-0.25, -0.2) is 4.79 Å². The fraction of sp³-hybridized carbons (Fsp3) is 0.0625. The van der Waals surface area contributed by atoms with Gasteiger partial charge in [-0.2, -0.15) is 0 Å². The van der Waals surface area contributed by atoms with Gasteiger partial charge in [0.2, 0.25) is 0 Å². The number of hydrogen-bond acceptors (Lipinski definition) is 4. The Kier molecular flexibility index (Phi) is 2.22. The molecule has 4 nitrogen and oxygen atoms in total. The molecule has 4 rings (SSSR count). The van der Waals surface area contributed by atoms with Crippen LogP contribution in [0.1, 0.15) is 17.4 Å². The summed E-state index contributed by atoms with van der Waals surface area (Å²) >= 11 is 0. The molecule has 98 valence electrons. The first-order valence-electron chi connectivity index (χ1n) is 6.34. The summed E-state index contributed by atoms with van der Waals surface area (Å²) < 4.78 is 5.30. The van der Waals surface area contributed by atoms with Crippen molar-refractivity contribution in [2.24, 2.45) is 0 Å². The molecule has 0 spiro atoms. The minimum absolute atomic E-state index is 0.285. The van der Waals surface area contributed by atoms with Crippen molar-refractivity contribution in [3.63, 3.8) is 0 Å². The molecule has 0 radical (unpaired) electrons. The van der Waals surface area contributed by atoms with Gasteiger partial charge in [-0.3, -0.25) is 0 Å². The van der Waals surface area contributed by atoms with Crippen LogP contribution in [0.4, 0.5) is 0 Å². The predicted octanol–water partition coefficient (Wildman–Crippen LogP) is 2.52. The van der Waals surface area contributed by atoms with Gasteiger partial charge in [0.1, 0.15) is 5.58 Å². The molecule has 1 atom stereocenters. The Bertz CT molecular complexity index is 858. The lowest BCUT2D eigenvalue weighted by Crippen LogP contribution is -2.31. The van der Waals surface area contributed by atoms with E-state index >= 15 is 0 Å². The minimum Gasteiger partial charge on any atom is -0.422 e. The van der Waals surface area contributed by atoms with Gasteiger partial charge in [-0.05, 0) is 24.3 Å². The summed E-state index contributed by atoms with van der Waals surface area (Å²) in [5.74, 6) is 0. The first-order valence-corrected chi connectivity index (χ1v) is 6.34. The molecule has 3 heterocycles. The van der Waals surface area contributed by atoms with Crippen molar-refractivity contribution in [1.82, 2.24) is 4.90 Å². The molecule has 1 aromatic carbocycles. The number of allylic oxidation sites excluding steroid dienone is 3. The number of para-hydroxylation sites is 1. The molecular formula is C16H11NO3. The normalized spacial score (nSPS) is 19.8. The maximum atomic E-state index is 12.1. The molecule has 0 saturated carbocycles. The maximum absolute atomic E-state index is 12.1. The van der Waals surface area contributed by atoms with Gasteiger partial charge >= 0.3 is 5.63 Å². The molecule has 1 unspecified atom stereocenters. The van der Waals surface area contributed by atoms with Crippen molar-refractivity contribution in [3.05, 3.63) is 75.9 Å². The van der Waals surface area contributed by atoms with E-state index in [-0.39, 0.29) is 5.56 Å². The van der Waals surface area contributed by atoms with Crippen molar-refractivity contribution in [2.45, 2.75) is 6.23 Å². The van der Waals surface area contributed by atoms with E-state index in [0.29, 0.717) is 5.58 Å². The van der Waals surface area contributed by atoms with Crippen molar-refractivity contribution < 1.29 is 9.52 Å². The topological polar surface area (TPSA) is 53.7 Å². The number of fused-ring (bicyclic) bond motifs is 4. The van der Waals surface area contributed by atoms with Gasteiger partial charge in [0, 0.05) is 22.8 Å². The van der Waals surface area contributed by atoms with Crippen LogP contribution in [0.2, 0.25) is 0 Å². The van der Waals surface area contributed by atoms with Crippen LogP contribution in [0.15, 0.2) is 63.6 Å². The molecule has 2 aliphatic rings. The molecule has 2 aromatic rings. The highest BCUT2D eigenvalue weighted by Gasteiger charge is 2.30. The molecule has 2 aliphatic heterocycles. The summed E-state index contributed by atoms with van der Waals surface area (Å²) in [5.41, 5.74) is 1.90.